The Balaban J connectivity index is 1.36. The number of aliphatic hydroxyl groups is 11. The van der Waals surface area contributed by atoms with Crippen LogP contribution in [0, 0.1) is 0 Å². The standard InChI is InChI=1S/C71H123NO18/c1-3-5-7-9-11-13-15-17-18-19-20-21-22-23-24-25-26-27-28-29-30-31-32-33-34-35-36-37-39-41-43-45-47-49-59(77)72-54(55(76)48-46-44-42-40-38-16-14-12-10-8-6-4-2)53-85-69-65(83)62(80)67(57(51-74)87-69)90-71-66(84)63(81)68(58(52-75)88-71)89-70-64(82)61(79)60(78)56(50-73)86-70/h5,7,11,13,17-18,20-21,23-24,26-27,29-30,54-58,60-71,73-76,78-84H,3-4,6,8-10,12,14-16,19,22,25,28,31-53H2,1-2H3,(H,72,77)/b7-5-,13-11-,18-17-,21-20-,24-23-,27-26-,30-29-. The van der Waals surface area contributed by atoms with Crippen molar-refractivity contribution in [2.75, 3.05) is 26.4 Å². The largest absolute Gasteiger partial charge is 0.394 e. The van der Waals surface area contributed by atoms with Crippen molar-refractivity contribution < 1.29 is 89.4 Å². The van der Waals surface area contributed by atoms with Crippen LogP contribution in [0.4, 0.5) is 0 Å². The Hall–Kier alpha value is -3.03. The summed E-state index contributed by atoms with van der Waals surface area (Å²) in [5, 5.41) is 120. The normalized spacial score (nSPS) is 28.6. The minimum atomic E-state index is -1.97. The fourth-order valence-corrected chi connectivity index (χ4v) is 11.4. The molecule has 3 rings (SSSR count). The van der Waals surface area contributed by atoms with E-state index in [1.807, 2.05) is 0 Å². The minimum Gasteiger partial charge on any atom is -0.394 e. The number of amides is 1. The second-order valence-corrected chi connectivity index (χ2v) is 24.6. The van der Waals surface area contributed by atoms with Gasteiger partial charge in [-0.1, -0.05) is 234 Å². The molecule has 0 aliphatic carbocycles. The van der Waals surface area contributed by atoms with Gasteiger partial charge < -0.3 is 89.9 Å². The summed E-state index contributed by atoms with van der Waals surface area (Å²) in [5.74, 6) is -0.250. The van der Waals surface area contributed by atoms with Crippen LogP contribution in [-0.2, 0) is 33.2 Å². The molecule has 0 aromatic carbocycles. The van der Waals surface area contributed by atoms with Crippen molar-refractivity contribution in [2.24, 2.45) is 0 Å². The molecule has 520 valence electrons. The highest BCUT2D eigenvalue weighted by atomic mass is 16.8. The predicted octanol–water partition coefficient (Wildman–Crippen LogP) is 9.10. The molecular formula is C71H123NO18. The Bertz CT molecular complexity index is 1960. The van der Waals surface area contributed by atoms with Gasteiger partial charge in [-0.3, -0.25) is 4.79 Å². The van der Waals surface area contributed by atoms with Crippen LogP contribution in [-0.4, -0.2) is 193 Å². The summed E-state index contributed by atoms with van der Waals surface area (Å²) in [7, 11) is 0. The Kier molecular flexibility index (Phi) is 47.2. The molecule has 17 unspecified atom stereocenters. The zero-order valence-corrected chi connectivity index (χ0v) is 54.8. The molecule has 12 N–H and O–H groups in total. The summed E-state index contributed by atoms with van der Waals surface area (Å²) >= 11 is 0. The number of allylic oxidation sites excluding steroid dienone is 14. The summed E-state index contributed by atoms with van der Waals surface area (Å²) < 4.78 is 34.4. The molecule has 17 atom stereocenters. The molecule has 0 radical (unpaired) electrons. The fraction of sp³-hybridized carbons (Fsp3) is 0.789. The van der Waals surface area contributed by atoms with Gasteiger partial charge in [-0.05, 0) is 70.6 Å². The Morgan fingerprint density at radius 2 is 0.767 bits per heavy atom. The van der Waals surface area contributed by atoms with Crippen LogP contribution >= 0.6 is 0 Å². The SMILES string of the molecule is CC/C=C\C/C=C\C/C=C\C/C=C\C/C=C\C/C=C\C/C=C\CCCCCCCCCCCCCC(=O)NC(COC1OC(CO)C(OC2OC(CO)C(OC3OC(CO)C(O)C(O)C3O)C(O)C2O)C(O)C1O)C(O)CCCCCCCCCCCCCC. The molecule has 0 saturated carbocycles. The minimum absolute atomic E-state index is 0.250. The van der Waals surface area contributed by atoms with Crippen molar-refractivity contribution in [3.8, 4) is 0 Å². The van der Waals surface area contributed by atoms with Gasteiger partial charge in [0.1, 0.15) is 73.2 Å². The summed E-state index contributed by atoms with van der Waals surface area (Å²) in [6, 6.07) is -0.893. The Labute approximate surface area is 540 Å². The van der Waals surface area contributed by atoms with Gasteiger partial charge in [0, 0.05) is 6.42 Å². The number of aliphatic hydroxyl groups excluding tert-OH is 11. The maximum atomic E-state index is 13.4. The quantitative estimate of drug-likeness (QED) is 0.0200. The zero-order chi connectivity index (χ0) is 65.4. The third-order valence-corrected chi connectivity index (χ3v) is 17.0. The van der Waals surface area contributed by atoms with E-state index in [1.165, 1.54) is 96.3 Å². The van der Waals surface area contributed by atoms with E-state index in [2.05, 4.69) is 104 Å². The average Bonchev–Trinajstić information content (AvgIpc) is 0.864. The molecule has 1 amide bonds. The van der Waals surface area contributed by atoms with Gasteiger partial charge in [-0.25, -0.2) is 0 Å². The third kappa shape index (κ3) is 33.9. The Morgan fingerprint density at radius 1 is 0.411 bits per heavy atom. The lowest BCUT2D eigenvalue weighted by molar-refractivity contribution is -0.379. The zero-order valence-electron chi connectivity index (χ0n) is 54.8. The lowest BCUT2D eigenvalue weighted by Crippen LogP contribution is -2.66. The first-order valence-electron chi connectivity index (χ1n) is 34.8. The topological polar surface area (TPSA) is 307 Å². The van der Waals surface area contributed by atoms with Crippen LogP contribution in [0.1, 0.15) is 226 Å². The van der Waals surface area contributed by atoms with E-state index in [1.54, 1.807) is 0 Å². The van der Waals surface area contributed by atoms with E-state index in [9.17, 15) is 61.0 Å². The molecule has 0 aromatic rings. The van der Waals surface area contributed by atoms with Crippen molar-refractivity contribution in [3.05, 3.63) is 85.1 Å². The molecule has 19 heteroatoms. The van der Waals surface area contributed by atoms with Crippen LogP contribution in [0.2, 0.25) is 0 Å². The average molecular weight is 1280 g/mol. The van der Waals surface area contributed by atoms with Crippen molar-refractivity contribution >= 4 is 5.91 Å². The van der Waals surface area contributed by atoms with E-state index in [-0.39, 0.29) is 18.9 Å². The molecule has 0 bridgehead atoms. The first-order valence-corrected chi connectivity index (χ1v) is 34.8. The van der Waals surface area contributed by atoms with Gasteiger partial charge >= 0.3 is 0 Å². The van der Waals surface area contributed by atoms with Crippen LogP contribution < -0.4 is 5.32 Å². The highest BCUT2D eigenvalue weighted by Crippen LogP contribution is 2.33. The molecule has 3 heterocycles. The smallest absolute Gasteiger partial charge is 0.220 e. The number of unbranched alkanes of at least 4 members (excludes halogenated alkanes) is 22. The summed E-state index contributed by atoms with van der Waals surface area (Å²) in [6.07, 6.45) is 39.6. The molecule has 0 aromatic heterocycles. The second kappa shape index (κ2) is 52.3. The number of carbonyl (C=O) groups is 1. The highest BCUT2D eigenvalue weighted by molar-refractivity contribution is 5.76. The predicted molar refractivity (Wildman–Crippen MR) is 351 cm³/mol. The summed E-state index contributed by atoms with van der Waals surface area (Å²) in [6.45, 7) is 1.66. The maximum absolute atomic E-state index is 13.4. The first kappa shape index (κ1) is 81.2. The van der Waals surface area contributed by atoms with Crippen LogP contribution in [0.25, 0.3) is 0 Å². The van der Waals surface area contributed by atoms with Crippen molar-refractivity contribution in [3.63, 3.8) is 0 Å². The van der Waals surface area contributed by atoms with Gasteiger partial charge in [0.15, 0.2) is 18.9 Å². The van der Waals surface area contributed by atoms with Crippen LogP contribution in [0.3, 0.4) is 0 Å². The van der Waals surface area contributed by atoms with E-state index >= 15 is 0 Å². The summed E-state index contributed by atoms with van der Waals surface area (Å²) in [5.41, 5.74) is 0. The van der Waals surface area contributed by atoms with Crippen LogP contribution in [0.5, 0.6) is 0 Å². The van der Waals surface area contributed by atoms with Gasteiger partial charge in [-0.2, -0.15) is 0 Å². The Morgan fingerprint density at radius 3 is 1.20 bits per heavy atom. The number of hydrogen-bond acceptors (Lipinski definition) is 18. The van der Waals surface area contributed by atoms with Gasteiger partial charge in [-0.15, -0.1) is 0 Å². The lowest BCUT2D eigenvalue weighted by Gasteiger charge is -2.48. The number of rotatable bonds is 52. The van der Waals surface area contributed by atoms with E-state index in [4.69, 9.17) is 28.4 Å². The molecule has 3 aliphatic heterocycles. The molecule has 3 aliphatic rings. The monoisotopic (exact) mass is 1280 g/mol. The number of carbonyl (C=O) groups excluding carboxylic acids is 1. The molecule has 3 saturated heterocycles. The first-order chi connectivity index (χ1) is 43.8. The fourth-order valence-electron chi connectivity index (χ4n) is 11.4. The molecule has 0 spiro atoms. The second-order valence-electron chi connectivity index (χ2n) is 24.6. The molecule has 19 nitrogen and oxygen atoms in total. The van der Waals surface area contributed by atoms with Crippen molar-refractivity contribution in [2.45, 2.75) is 330 Å². The molecular weight excluding hydrogens is 1150 g/mol. The summed E-state index contributed by atoms with van der Waals surface area (Å²) in [4.78, 5) is 13.4. The number of ether oxygens (including phenoxy) is 6. The van der Waals surface area contributed by atoms with E-state index in [0.717, 1.165) is 96.3 Å². The van der Waals surface area contributed by atoms with Crippen molar-refractivity contribution in [1.82, 2.24) is 5.32 Å². The van der Waals surface area contributed by atoms with E-state index in [0.29, 0.717) is 12.8 Å². The number of nitrogens with one attached hydrogen (secondary N) is 1. The lowest BCUT2D eigenvalue weighted by atomic mass is 9.96. The van der Waals surface area contributed by atoms with Gasteiger partial charge in [0.05, 0.1) is 38.6 Å². The number of hydrogen-bond donors (Lipinski definition) is 12. The van der Waals surface area contributed by atoms with E-state index < -0.39 is 124 Å². The molecule has 3 fully saturated rings. The molecule has 90 heavy (non-hydrogen) atoms. The van der Waals surface area contributed by atoms with Crippen LogP contribution in [0.15, 0.2) is 85.1 Å². The third-order valence-electron chi connectivity index (χ3n) is 17.0. The van der Waals surface area contributed by atoms with Gasteiger partial charge in [0.25, 0.3) is 0 Å². The maximum Gasteiger partial charge on any atom is 0.220 e. The van der Waals surface area contributed by atoms with Gasteiger partial charge in [0.2, 0.25) is 5.91 Å². The van der Waals surface area contributed by atoms with Crippen molar-refractivity contribution in [1.29, 1.82) is 0 Å². The highest BCUT2D eigenvalue weighted by Gasteiger charge is 2.53.